The first-order valence-electron chi connectivity index (χ1n) is 7.38. The number of hydrogen-bond acceptors (Lipinski definition) is 3. The number of ether oxygens (including phenoxy) is 1. The fourth-order valence-electron chi connectivity index (χ4n) is 2.25. The normalized spacial score (nSPS) is 12.1. The summed E-state index contributed by atoms with van der Waals surface area (Å²) in [5.41, 5.74) is 4.09. The zero-order valence-electron chi connectivity index (χ0n) is 13.9. The second-order valence-corrected chi connectivity index (χ2v) is 6.91. The maximum absolute atomic E-state index is 13.3. The molecule has 0 amide bonds. The van der Waals surface area contributed by atoms with E-state index in [1.54, 1.807) is 20.8 Å². The topological polar surface area (TPSA) is 52.3 Å². The Bertz CT molecular complexity index is 794. The van der Waals surface area contributed by atoms with Gasteiger partial charge in [-0.15, -0.1) is 0 Å². The van der Waals surface area contributed by atoms with E-state index < -0.39 is 23.3 Å². The average molecular weight is 372 g/mol. The van der Waals surface area contributed by atoms with Gasteiger partial charge in [-0.3, -0.25) is 0 Å². The Morgan fingerprint density at radius 2 is 1.64 bits per heavy atom. The van der Waals surface area contributed by atoms with E-state index in [9.17, 15) is 18.0 Å². The molecule has 0 radical (unpaired) electrons. The summed E-state index contributed by atoms with van der Waals surface area (Å²) in [6, 6.07) is 7.68. The van der Waals surface area contributed by atoms with Gasteiger partial charge in [0.05, 0.1) is 16.1 Å². The van der Waals surface area contributed by atoms with E-state index >= 15 is 0 Å². The number of nitrogen functional groups attached to an aromatic ring is 1. The van der Waals surface area contributed by atoms with Crippen molar-refractivity contribution < 1.29 is 22.7 Å². The van der Waals surface area contributed by atoms with E-state index in [-0.39, 0.29) is 27.4 Å². The van der Waals surface area contributed by atoms with Crippen LogP contribution in [0.5, 0.6) is 0 Å². The lowest BCUT2D eigenvalue weighted by Gasteiger charge is -2.20. The number of hydrogen-bond donors (Lipinski definition) is 1. The van der Waals surface area contributed by atoms with Gasteiger partial charge < -0.3 is 10.5 Å². The maximum Gasteiger partial charge on any atom is 0.417 e. The number of halogens is 4. The van der Waals surface area contributed by atoms with Gasteiger partial charge in [0.15, 0.2) is 0 Å². The summed E-state index contributed by atoms with van der Waals surface area (Å²) < 4.78 is 45.1. The Morgan fingerprint density at radius 1 is 1.08 bits per heavy atom. The van der Waals surface area contributed by atoms with Gasteiger partial charge in [-0.1, -0.05) is 23.7 Å². The second-order valence-electron chi connectivity index (χ2n) is 6.50. The first kappa shape index (κ1) is 19.1. The van der Waals surface area contributed by atoms with Gasteiger partial charge in [-0.25, -0.2) is 4.79 Å². The first-order valence-corrected chi connectivity index (χ1v) is 7.76. The van der Waals surface area contributed by atoms with Crippen molar-refractivity contribution in [2.45, 2.75) is 32.5 Å². The highest BCUT2D eigenvalue weighted by molar-refractivity contribution is 6.33. The van der Waals surface area contributed by atoms with E-state index in [4.69, 9.17) is 22.1 Å². The van der Waals surface area contributed by atoms with Gasteiger partial charge in [-0.05, 0) is 50.6 Å². The lowest BCUT2D eigenvalue weighted by atomic mass is 9.97. The molecule has 0 fully saturated rings. The van der Waals surface area contributed by atoms with Gasteiger partial charge in [0.1, 0.15) is 5.60 Å². The van der Waals surface area contributed by atoms with Crippen molar-refractivity contribution in [2.75, 3.05) is 5.73 Å². The summed E-state index contributed by atoms with van der Waals surface area (Å²) in [6.45, 7) is 5.18. The molecule has 134 valence electrons. The van der Waals surface area contributed by atoms with E-state index in [1.807, 2.05) is 0 Å². The van der Waals surface area contributed by atoms with Gasteiger partial charge in [0, 0.05) is 11.3 Å². The fourth-order valence-corrected chi connectivity index (χ4v) is 2.59. The van der Waals surface area contributed by atoms with Crippen LogP contribution >= 0.6 is 11.6 Å². The Hall–Kier alpha value is -2.21. The molecule has 2 aromatic rings. The lowest BCUT2D eigenvalue weighted by molar-refractivity contribution is -0.137. The van der Waals surface area contributed by atoms with Crippen molar-refractivity contribution in [3.05, 3.63) is 52.5 Å². The summed E-state index contributed by atoms with van der Waals surface area (Å²) in [6.07, 6.45) is -4.61. The number of alkyl halides is 3. The highest BCUT2D eigenvalue weighted by atomic mass is 35.5. The van der Waals surface area contributed by atoms with Crippen LogP contribution in [0.1, 0.15) is 36.7 Å². The van der Waals surface area contributed by atoms with Crippen LogP contribution in [0.2, 0.25) is 5.02 Å². The van der Waals surface area contributed by atoms with Gasteiger partial charge >= 0.3 is 12.1 Å². The number of nitrogens with two attached hydrogens (primary N) is 1. The van der Waals surface area contributed by atoms with Crippen molar-refractivity contribution in [3.63, 3.8) is 0 Å². The smallest absolute Gasteiger partial charge is 0.417 e. The predicted molar refractivity (Wildman–Crippen MR) is 91.5 cm³/mol. The molecule has 25 heavy (non-hydrogen) atoms. The molecular formula is C18H17ClF3NO2. The molecular weight excluding hydrogens is 355 g/mol. The van der Waals surface area contributed by atoms with Gasteiger partial charge in [-0.2, -0.15) is 13.2 Å². The molecule has 0 heterocycles. The molecule has 3 nitrogen and oxygen atoms in total. The quantitative estimate of drug-likeness (QED) is 0.555. The van der Waals surface area contributed by atoms with Crippen LogP contribution < -0.4 is 5.73 Å². The summed E-state index contributed by atoms with van der Waals surface area (Å²) in [5.74, 6) is -0.557. The van der Waals surface area contributed by atoms with Crippen molar-refractivity contribution >= 4 is 23.3 Å². The Kier molecular flexibility index (Phi) is 5.04. The van der Waals surface area contributed by atoms with Crippen molar-refractivity contribution in [1.29, 1.82) is 0 Å². The number of carbonyl (C=O) groups excluding carboxylic acids is 1. The molecule has 0 unspecified atom stereocenters. The Balaban J connectivity index is 2.46. The van der Waals surface area contributed by atoms with Crippen LogP contribution in [0, 0.1) is 0 Å². The third-order valence-corrected chi connectivity index (χ3v) is 3.52. The van der Waals surface area contributed by atoms with Crippen molar-refractivity contribution in [3.8, 4) is 11.1 Å². The minimum absolute atomic E-state index is 0.0774. The van der Waals surface area contributed by atoms with Crippen LogP contribution in [-0.4, -0.2) is 11.6 Å². The van der Waals surface area contributed by atoms with Crippen molar-refractivity contribution in [2.24, 2.45) is 0 Å². The minimum Gasteiger partial charge on any atom is -0.456 e. The summed E-state index contributed by atoms with van der Waals surface area (Å²) in [5, 5.41) is -0.114. The zero-order chi connectivity index (χ0) is 19.0. The molecule has 2 aromatic carbocycles. The molecule has 7 heteroatoms. The number of rotatable bonds is 2. The summed E-state index contributed by atoms with van der Waals surface area (Å²) in [7, 11) is 0. The third-order valence-electron chi connectivity index (χ3n) is 3.23. The van der Waals surface area contributed by atoms with Crippen LogP contribution in [-0.2, 0) is 10.9 Å². The molecule has 0 aromatic heterocycles. The predicted octanol–water partition coefficient (Wildman–Crippen LogP) is 5.56. The molecule has 0 atom stereocenters. The monoisotopic (exact) mass is 371 g/mol. The summed E-state index contributed by atoms with van der Waals surface area (Å²) >= 11 is 5.99. The molecule has 0 aliphatic rings. The molecule has 0 aliphatic carbocycles. The largest absolute Gasteiger partial charge is 0.456 e. The fraction of sp³-hybridized carbons (Fsp3) is 0.278. The zero-order valence-corrected chi connectivity index (χ0v) is 14.6. The Morgan fingerprint density at radius 3 is 2.12 bits per heavy atom. The molecule has 0 spiro atoms. The van der Waals surface area contributed by atoms with Crippen molar-refractivity contribution in [1.82, 2.24) is 0 Å². The van der Waals surface area contributed by atoms with E-state index in [0.29, 0.717) is 0 Å². The third kappa shape index (κ3) is 4.66. The van der Waals surface area contributed by atoms with Crippen LogP contribution in [0.15, 0.2) is 36.4 Å². The van der Waals surface area contributed by atoms with E-state index in [1.165, 1.54) is 30.3 Å². The number of carbonyl (C=O) groups is 1. The average Bonchev–Trinajstić information content (AvgIpc) is 2.44. The van der Waals surface area contributed by atoms with Crippen LogP contribution in [0.4, 0.5) is 18.9 Å². The number of esters is 1. The summed E-state index contributed by atoms with van der Waals surface area (Å²) in [4.78, 5) is 12.0. The second kappa shape index (κ2) is 6.59. The number of benzene rings is 2. The molecule has 0 saturated carbocycles. The maximum atomic E-state index is 13.3. The highest BCUT2D eigenvalue weighted by Gasteiger charge is 2.35. The SMILES string of the molecule is CC(C)(C)OC(=O)c1ccc(-c2c(Cl)cc(N)cc2C(F)(F)F)cc1. The van der Waals surface area contributed by atoms with Crippen LogP contribution in [0.25, 0.3) is 11.1 Å². The minimum atomic E-state index is -4.61. The lowest BCUT2D eigenvalue weighted by Crippen LogP contribution is -2.23. The number of anilines is 1. The standard InChI is InChI=1S/C18H17ClF3NO2/c1-17(2,3)25-16(24)11-6-4-10(5-7-11)15-13(18(20,21)22)8-12(23)9-14(15)19/h4-9H,23H2,1-3H3. The molecule has 0 bridgehead atoms. The van der Waals surface area contributed by atoms with E-state index in [2.05, 4.69) is 0 Å². The first-order chi connectivity index (χ1) is 11.4. The molecule has 2 N–H and O–H groups in total. The molecule has 2 rings (SSSR count). The molecule has 0 saturated heterocycles. The van der Waals surface area contributed by atoms with Gasteiger partial charge in [0.2, 0.25) is 0 Å². The Labute approximate surface area is 148 Å². The van der Waals surface area contributed by atoms with E-state index in [0.717, 1.165) is 6.07 Å². The molecule has 0 aliphatic heterocycles. The van der Waals surface area contributed by atoms with Gasteiger partial charge in [0.25, 0.3) is 0 Å². The highest BCUT2D eigenvalue weighted by Crippen LogP contribution is 2.42. The van der Waals surface area contributed by atoms with Crippen LogP contribution in [0.3, 0.4) is 0 Å².